The Labute approximate surface area is 80.8 Å². The first-order chi connectivity index (χ1) is 6.15. The number of hydrogen-bond acceptors (Lipinski definition) is 1. The highest BCUT2D eigenvalue weighted by molar-refractivity contribution is 5.34. The van der Waals surface area contributed by atoms with Gasteiger partial charge in [0.05, 0.1) is 6.61 Å². The fourth-order valence-electron chi connectivity index (χ4n) is 1.62. The molecule has 0 aromatic carbocycles. The van der Waals surface area contributed by atoms with Gasteiger partial charge >= 0.3 is 0 Å². The third-order valence-corrected chi connectivity index (χ3v) is 2.20. The highest BCUT2D eigenvalue weighted by atomic mass is 16.5. The molecule has 13 heavy (non-hydrogen) atoms. The third kappa shape index (κ3) is 2.48. The van der Waals surface area contributed by atoms with Crippen LogP contribution in [0.3, 0.4) is 0 Å². The van der Waals surface area contributed by atoms with Gasteiger partial charge in [-0.15, -0.1) is 0 Å². The van der Waals surface area contributed by atoms with Crippen LogP contribution in [0.4, 0.5) is 0 Å². The van der Waals surface area contributed by atoms with Crippen LogP contribution in [0.5, 0.6) is 0 Å². The minimum Gasteiger partial charge on any atom is -0.493 e. The van der Waals surface area contributed by atoms with Crippen LogP contribution >= 0.6 is 0 Å². The molecule has 1 unspecified atom stereocenters. The molecule has 0 N–H and O–H groups in total. The van der Waals surface area contributed by atoms with Crippen molar-refractivity contribution in [1.29, 1.82) is 0 Å². The molecule has 1 heteroatoms. The molecule has 0 aromatic heterocycles. The molecule has 0 radical (unpaired) electrons. The number of rotatable bonds is 1. The van der Waals surface area contributed by atoms with Crippen molar-refractivity contribution in [2.24, 2.45) is 5.92 Å². The smallest absolute Gasteiger partial charge is 0.124 e. The second-order valence-corrected chi connectivity index (χ2v) is 3.74. The molecule has 1 rings (SSSR count). The molecule has 1 fully saturated rings. The van der Waals surface area contributed by atoms with Crippen molar-refractivity contribution in [3.05, 3.63) is 35.6 Å². The van der Waals surface area contributed by atoms with Gasteiger partial charge in [-0.2, -0.15) is 0 Å². The molecule has 72 valence electrons. The van der Waals surface area contributed by atoms with Gasteiger partial charge in [-0.05, 0) is 37.3 Å². The fraction of sp³-hybridized carbons (Fsp3) is 0.500. The minimum atomic E-state index is 0.606. The molecular formula is C12H18O. The monoisotopic (exact) mass is 178 g/mol. The van der Waals surface area contributed by atoms with Gasteiger partial charge in [-0.3, -0.25) is 0 Å². The second kappa shape index (κ2) is 4.31. The summed E-state index contributed by atoms with van der Waals surface area (Å²) in [6.07, 6.45) is 5.15. The maximum absolute atomic E-state index is 5.65. The molecule has 1 saturated heterocycles. The second-order valence-electron chi connectivity index (χ2n) is 3.74. The molecular weight excluding hydrogens is 160 g/mol. The van der Waals surface area contributed by atoms with Crippen LogP contribution in [0.25, 0.3) is 0 Å². The van der Waals surface area contributed by atoms with Crippen LogP contribution in [0.15, 0.2) is 35.6 Å². The Kier molecular flexibility index (Phi) is 3.35. The zero-order valence-electron chi connectivity index (χ0n) is 8.76. The summed E-state index contributed by atoms with van der Waals surface area (Å²) in [5, 5.41) is 0. The van der Waals surface area contributed by atoms with E-state index in [1.165, 1.54) is 5.57 Å². The highest BCUT2D eigenvalue weighted by Gasteiger charge is 2.18. The van der Waals surface area contributed by atoms with Crippen molar-refractivity contribution in [2.45, 2.75) is 27.2 Å². The van der Waals surface area contributed by atoms with Crippen LogP contribution < -0.4 is 0 Å². The lowest BCUT2D eigenvalue weighted by atomic mass is 9.97. The Morgan fingerprint density at radius 2 is 2.31 bits per heavy atom. The van der Waals surface area contributed by atoms with Gasteiger partial charge in [0.25, 0.3) is 0 Å². The summed E-state index contributed by atoms with van der Waals surface area (Å²) < 4.78 is 5.65. The molecule has 1 aliphatic rings. The van der Waals surface area contributed by atoms with Crippen molar-refractivity contribution in [3.8, 4) is 0 Å². The van der Waals surface area contributed by atoms with E-state index >= 15 is 0 Å². The number of hydrogen-bond donors (Lipinski definition) is 0. The Bertz CT molecular complexity index is 258. The lowest BCUT2D eigenvalue weighted by molar-refractivity contribution is 0.150. The van der Waals surface area contributed by atoms with E-state index in [1.807, 2.05) is 13.0 Å². The van der Waals surface area contributed by atoms with Gasteiger partial charge in [0.1, 0.15) is 5.76 Å². The van der Waals surface area contributed by atoms with Gasteiger partial charge in [-0.25, -0.2) is 0 Å². The van der Waals surface area contributed by atoms with Gasteiger partial charge in [0, 0.05) is 0 Å². The SMILES string of the molecule is C=C1CC(C)CO/C1=C(C)/C=C\C. The van der Waals surface area contributed by atoms with E-state index in [0.717, 1.165) is 24.4 Å². The first-order valence-corrected chi connectivity index (χ1v) is 4.79. The van der Waals surface area contributed by atoms with Crippen LogP contribution in [0.1, 0.15) is 27.2 Å². The summed E-state index contributed by atoms with van der Waals surface area (Å²) in [5.41, 5.74) is 2.31. The number of allylic oxidation sites excluding steroid dienone is 4. The van der Waals surface area contributed by atoms with E-state index in [2.05, 4.69) is 26.5 Å². The first-order valence-electron chi connectivity index (χ1n) is 4.79. The maximum Gasteiger partial charge on any atom is 0.124 e. The molecule has 1 aliphatic heterocycles. The summed E-state index contributed by atoms with van der Waals surface area (Å²) in [6, 6.07) is 0. The lowest BCUT2D eigenvalue weighted by Gasteiger charge is -2.25. The molecule has 1 heterocycles. The minimum absolute atomic E-state index is 0.606. The summed E-state index contributed by atoms with van der Waals surface area (Å²) in [7, 11) is 0. The Morgan fingerprint density at radius 3 is 2.85 bits per heavy atom. The van der Waals surface area contributed by atoms with Gasteiger partial charge in [-0.1, -0.05) is 25.7 Å². The predicted octanol–water partition coefficient (Wildman–Crippen LogP) is 3.45. The topological polar surface area (TPSA) is 9.23 Å². The summed E-state index contributed by atoms with van der Waals surface area (Å²) in [6.45, 7) is 11.1. The van der Waals surface area contributed by atoms with Crippen LogP contribution in [-0.4, -0.2) is 6.61 Å². The molecule has 0 spiro atoms. The Balaban J connectivity index is 2.81. The largest absolute Gasteiger partial charge is 0.493 e. The predicted molar refractivity (Wildman–Crippen MR) is 56.4 cm³/mol. The first kappa shape index (κ1) is 10.1. The van der Waals surface area contributed by atoms with E-state index in [0.29, 0.717) is 5.92 Å². The van der Waals surface area contributed by atoms with Crippen molar-refractivity contribution >= 4 is 0 Å². The molecule has 0 aliphatic carbocycles. The molecule has 1 nitrogen and oxygen atoms in total. The normalized spacial score (nSPS) is 27.6. The third-order valence-electron chi connectivity index (χ3n) is 2.20. The molecule has 1 atom stereocenters. The van der Waals surface area contributed by atoms with E-state index in [9.17, 15) is 0 Å². The highest BCUT2D eigenvalue weighted by Crippen LogP contribution is 2.28. The van der Waals surface area contributed by atoms with E-state index in [-0.39, 0.29) is 0 Å². The van der Waals surface area contributed by atoms with Crippen molar-refractivity contribution < 1.29 is 4.74 Å². The zero-order valence-corrected chi connectivity index (χ0v) is 8.76. The maximum atomic E-state index is 5.65. The number of ether oxygens (including phenoxy) is 1. The van der Waals surface area contributed by atoms with E-state index in [4.69, 9.17) is 4.74 Å². The Hall–Kier alpha value is -0.980. The molecule has 0 bridgehead atoms. The van der Waals surface area contributed by atoms with Gasteiger partial charge in [0.15, 0.2) is 0 Å². The van der Waals surface area contributed by atoms with Crippen LogP contribution in [0.2, 0.25) is 0 Å². The van der Waals surface area contributed by atoms with Crippen LogP contribution in [0, 0.1) is 5.92 Å². The quantitative estimate of drug-likeness (QED) is 0.597. The molecule has 0 saturated carbocycles. The van der Waals surface area contributed by atoms with Crippen molar-refractivity contribution in [1.82, 2.24) is 0 Å². The molecule has 0 aromatic rings. The average Bonchev–Trinajstić information content (AvgIpc) is 2.04. The van der Waals surface area contributed by atoms with Crippen LogP contribution in [-0.2, 0) is 4.74 Å². The van der Waals surface area contributed by atoms with E-state index in [1.54, 1.807) is 0 Å². The van der Waals surface area contributed by atoms with Gasteiger partial charge < -0.3 is 4.74 Å². The van der Waals surface area contributed by atoms with Crippen molar-refractivity contribution in [3.63, 3.8) is 0 Å². The summed E-state index contributed by atoms with van der Waals surface area (Å²) >= 11 is 0. The zero-order chi connectivity index (χ0) is 9.84. The fourth-order valence-corrected chi connectivity index (χ4v) is 1.62. The van der Waals surface area contributed by atoms with Gasteiger partial charge in [0.2, 0.25) is 0 Å². The summed E-state index contributed by atoms with van der Waals surface area (Å²) in [4.78, 5) is 0. The molecule has 0 amide bonds. The Morgan fingerprint density at radius 1 is 1.62 bits per heavy atom. The van der Waals surface area contributed by atoms with Crippen molar-refractivity contribution in [2.75, 3.05) is 6.61 Å². The lowest BCUT2D eigenvalue weighted by Crippen LogP contribution is -2.15. The van der Waals surface area contributed by atoms with E-state index < -0.39 is 0 Å². The summed E-state index contributed by atoms with van der Waals surface area (Å²) in [5.74, 6) is 1.60. The standard InChI is InChI=1S/C12H18O/c1-5-6-10(3)12-11(4)7-9(2)8-13-12/h5-6,9H,4,7-8H2,1-3H3/b6-5-,12-10+. The average molecular weight is 178 g/mol.